The SMILES string of the molecule is CN(C)[C@H](CNC(=O)CC[C@H]1Cc2ccccc2NC1=O)c1ccccc1. The molecule has 0 aromatic heterocycles. The number of carbonyl (C=O) groups excluding carboxylic acids is 2. The molecule has 0 spiro atoms. The number of fused-ring (bicyclic) bond motifs is 1. The van der Waals surface area contributed by atoms with E-state index in [1.54, 1.807) is 0 Å². The molecule has 0 unspecified atom stereocenters. The van der Waals surface area contributed by atoms with Crippen molar-refractivity contribution < 1.29 is 9.59 Å². The van der Waals surface area contributed by atoms with Crippen molar-refractivity contribution in [1.29, 1.82) is 0 Å². The van der Waals surface area contributed by atoms with Gasteiger partial charge in [-0.3, -0.25) is 9.59 Å². The van der Waals surface area contributed by atoms with Gasteiger partial charge in [-0.25, -0.2) is 0 Å². The maximum Gasteiger partial charge on any atom is 0.227 e. The molecule has 2 aromatic rings. The van der Waals surface area contributed by atoms with Crippen LogP contribution >= 0.6 is 0 Å². The monoisotopic (exact) mass is 365 g/mol. The van der Waals surface area contributed by atoms with E-state index in [9.17, 15) is 9.59 Å². The van der Waals surface area contributed by atoms with Gasteiger partial charge in [0, 0.05) is 24.6 Å². The Kier molecular flexibility index (Phi) is 6.24. The number of nitrogens with zero attached hydrogens (tertiary/aromatic N) is 1. The van der Waals surface area contributed by atoms with Crippen LogP contribution in [-0.4, -0.2) is 37.4 Å². The van der Waals surface area contributed by atoms with Gasteiger partial charge in [-0.15, -0.1) is 0 Å². The third kappa shape index (κ3) is 4.95. The number of anilines is 1. The van der Waals surface area contributed by atoms with Crippen molar-refractivity contribution in [3.05, 3.63) is 65.7 Å². The van der Waals surface area contributed by atoms with Crippen molar-refractivity contribution in [3.63, 3.8) is 0 Å². The van der Waals surface area contributed by atoms with Crippen LogP contribution < -0.4 is 10.6 Å². The summed E-state index contributed by atoms with van der Waals surface area (Å²) in [5, 5.41) is 5.97. The molecule has 5 heteroatoms. The van der Waals surface area contributed by atoms with E-state index in [0.717, 1.165) is 11.3 Å². The van der Waals surface area contributed by atoms with Crippen molar-refractivity contribution in [2.24, 2.45) is 5.92 Å². The Morgan fingerprint density at radius 1 is 1.15 bits per heavy atom. The number of rotatable bonds is 7. The van der Waals surface area contributed by atoms with Crippen LogP contribution in [-0.2, 0) is 16.0 Å². The summed E-state index contributed by atoms with van der Waals surface area (Å²) >= 11 is 0. The van der Waals surface area contributed by atoms with Gasteiger partial charge in [0.15, 0.2) is 0 Å². The molecule has 5 nitrogen and oxygen atoms in total. The second-order valence-corrected chi connectivity index (χ2v) is 7.28. The molecule has 2 aromatic carbocycles. The third-order valence-corrected chi connectivity index (χ3v) is 5.13. The van der Waals surface area contributed by atoms with Crippen molar-refractivity contribution in [3.8, 4) is 0 Å². The quantitative estimate of drug-likeness (QED) is 0.793. The van der Waals surface area contributed by atoms with E-state index < -0.39 is 0 Å². The highest BCUT2D eigenvalue weighted by molar-refractivity contribution is 5.96. The Morgan fingerprint density at radius 2 is 1.85 bits per heavy atom. The smallest absolute Gasteiger partial charge is 0.227 e. The normalized spacial score (nSPS) is 17.1. The summed E-state index contributed by atoms with van der Waals surface area (Å²) in [4.78, 5) is 26.7. The van der Waals surface area contributed by atoms with Crippen LogP contribution in [0, 0.1) is 5.92 Å². The second-order valence-electron chi connectivity index (χ2n) is 7.28. The molecule has 2 amide bonds. The Balaban J connectivity index is 1.50. The van der Waals surface area contributed by atoms with Gasteiger partial charge >= 0.3 is 0 Å². The average Bonchev–Trinajstić information content (AvgIpc) is 2.67. The molecular weight excluding hydrogens is 338 g/mol. The molecule has 0 aliphatic carbocycles. The van der Waals surface area contributed by atoms with E-state index >= 15 is 0 Å². The molecule has 0 radical (unpaired) electrons. The average molecular weight is 365 g/mol. The molecule has 0 bridgehead atoms. The molecule has 2 N–H and O–H groups in total. The summed E-state index contributed by atoms with van der Waals surface area (Å²) in [5.41, 5.74) is 3.20. The predicted octanol–water partition coefficient (Wildman–Crippen LogP) is 3.00. The Hall–Kier alpha value is -2.66. The van der Waals surface area contributed by atoms with Crippen LogP contribution in [0.3, 0.4) is 0 Å². The number of hydrogen-bond acceptors (Lipinski definition) is 3. The van der Waals surface area contributed by atoms with Gasteiger partial charge in [-0.2, -0.15) is 0 Å². The minimum Gasteiger partial charge on any atom is -0.354 e. The van der Waals surface area contributed by atoms with Gasteiger partial charge in [0.2, 0.25) is 11.8 Å². The first-order chi connectivity index (χ1) is 13.0. The minimum absolute atomic E-state index is 0.00978. The molecule has 0 saturated heterocycles. The molecule has 3 rings (SSSR count). The molecule has 27 heavy (non-hydrogen) atoms. The molecule has 142 valence electrons. The fraction of sp³-hybridized carbons (Fsp3) is 0.364. The molecular formula is C22H27N3O2. The molecule has 1 aliphatic heterocycles. The van der Waals surface area contributed by atoms with Crippen LogP contribution in [0.2, 0.25) is 0 Å². The van der Waals surface area contributed by atoms with Crippen LogP contribution in [0.5, 0.6) is 0 Å². The zero-order chi connectivity index (χ0) is 19.2. The highest BCUT2D eigenvalue weighted by Gasteiger charge is 2.26. The lowest BCUT2D eigenvalue weighted by molar-refractivity contribution is -0.123. The number of hydrogen-bond donors (Lipinski definition) is 2. The number of carbonyl (C=O) groups is 2. The molecule has 1 heterocycles. The largest absolute Gasteiger partial charge is 0.354 e. The van der Waals surface area contributed by atoms with Gasteiger partial charge in [-0.1, -0.05) is 48.5 Å². The Morgan fingerprint density at radius 3 is 2.59 bits per heavy atom. The fourth-order valence-electron chi connectivity index (χ4n) is 3.52. The zero-order valence-electron chi connectivity index (χ0n) is 15.9. The van der Waals surface area contributed by atoms with Gasteiger partial charge < -0.3 is 15.5 Å². The first-order valence-corrected chi connectivity index (χ1v) is 9.41. The fourth-order valence-corrected chi connectivity index (χ4v) is 3.52. The van der Waals surface area contributed by atoms with Gasteiger partial charge in [-0.05, 0) is 44.1 Å². The number of benzene rings is 2. The van der Waals surface area contributed by atoms with Crippen LogP contribution in [0.1, 0.15) is 30.0 Å². The lowest BCUT2D eigenvalue weighted by Crippen LogP contribution is -2.35. The summed E-state index contributed by atoms with van der Waals surface area (Å²) in [5.74, 6) is -0.147. The van der Waals surface area contributed by atoms with Crippen molar-refractivity contribution in [1.82, 2.24) is 10.2 Å². The first kappa shape index (κ1) is 19.1. The van der Waals surface area contributed by atoms with Crippen molar-refractivity contribution in [2.45, 2.75) is 25.3 Å². The summed E-state index contributed by atoms with van der Waals surface area (Å²) in [6, 6.07) is 18.1. The van der Waals surface area contributed by atoms with E-state index in [4.69, 9.17) is 0 Å². The lowest BCUT2D eigenvalue weighted by atomic mass is 9.89. The Bertz CT molecular complexity index is 789. The number of amides is 2. The number of likely N-dealkylation sites (N-methyl/N-ethyl adjacent to an activating group) is 1. The highest BCUT2D eigenvalue weighted by Crippen LogP contribution is 2.27. The van der Waals surface area contributed by atoms with Crippen LogP contribution in [0.4, 0.5) is 5.69 Å². The lowest BCUT2D eigenvalue weighted by Gasteiger charge is -2.26. The van der Waals surface area contributed by atoms with E-state index in [1.807, 2.05) is 56.6 Å². The highest BCUT2D eigenvalue weighted by atomic mass is 16.2. The molecule has 0 fully saturated rings. The van der Waals surface area contributed by atoms with Gasteiger partial charge in [0.1, 0.15) is 0 Å². The van der Waals surface area contributed by atoms with E-state index in [1.165, 1.54) is 5.56 Å². The van der Waals surface area contributed by atoms with Crippen molar-refractivity contribution >= 4 is 17.5 Å². The number of para-hydroxylation sites is 1. The summed E-state index contributed by atoms with van der Waals surface area (Å²) in [7, 11) is 4.02. The summed E-state index contributed by atoms with van der Waals surface area (Å²) in [6.07, 6.45) is 1.61. The second kappa shape index (κ2) is 8.82. The standard InChI is InChI=1S/C22H27N3O2/c1-25(2)20(16-8-4-3-5-9-16)15-23-21(26)13-12-18-14-17-10-6-7-11-19(17)24-22(18)27/h3-11,18,20H,12-15H2,1-2H3,(H,23,26)(H,24,27)/t18-,20+/m0/s1. The third-order valence-electron chi connectivity index (χ3n) is 5.13. The van der Waals surface area contributed by atoms with E-state index in [0.29, 0.717) is 25.8 Å². The topological polar surface area (TPSA) is 61.4 Å². The van der Waals surface area contributed by atoms with Crippen LogP contribution in [0.25, 0.3) is 0 Å². The maximum absolute atomic E-state index is 12.3. The maximum atomic E-state index is 12.3. The molecule has 0 saturated carbocycles. The first-order valence-electron chi connectivity index (χ1n) is 9.41. The molecule has 1 aliphatic rings. The summed E-state index contributed by atoms with van der Waals surface area (Å²) in [6.45, 7) is 0.551. The zero-order valence-corrected chi connectivity index (χ0v) is 15.9. The summed E-state index contributed by atoms with van der Waals surface area (Å²) < 4.78 is 0. The minimum atomic E-state index is -0.149. The van der Waals surface area contributed by atoms with E-state index in [-0.39, 0.29) is 23.8 Å². The Labute approximate surface area is 160 Å². The van der Waals surface area contributed by atoms with Gasteiger partial charge in [0.05, 0.1) is 6.04 Å². The van der Waals surface area contributed by atoms with Crippen molar-refractivity contribution in [2.75, 3.05) is 26.0 Å². The van der Waals surface area contributed by atoms with Gasteiger partial charge in [0.25, 0.3) is 0 Å². The van der Waals surface area contributed by atoms with E-state index in [2.05, 4.69) is 27.7 Å². The van der Waals surface area contributed by atoms with Crippen LogP contribution in [0.15, 0.2) is 54.6 Å². The number of nitrogens with one attached hydrogen (secondary N) is 2. The predicted molar refractivity (Wildman–Crippen MR) is 107 cm³/mol. The molecule has 2 atom stereocenters.